The van der Waals surface area contributed by atoms with Gasteiger partial charge in [0, 0.05) is 0 Å². The number of halogens is 1. The van der Waals surface area contributed by atoms with Gasteiger partial charge in [0.2, 0.25) is 0 Å². The van der Waals surface area contributed by atoms with E-state index in [9.17, 15) is 0 Å². The van der Waals surface area contributed by atoms with Crippen LogP contribution in [0.2, 0.25) is 0 Å². The minimum Gasteiger partial charge on any atom is -0.0807 e. The molecule has 0 N–H and O–H groups in total. The van der Waals surface area contributed by atoms with Crippen molar-refractivity contribution in [3.05, 3.63) is 11.1 Å². The molecular formula is C3H7BrMg. The van der Waals surface area contributed by atoms with E-state index in [4.69, 9.17) is 0 Å². The van der Waals surface area contributed by atoms with Gasteiger partial charge < -0.3 is 0 Å². The predicted octanol–water partition coefficient (Wildman–Crippen LogP) is 0.999. The topological polar surface area (TPSA) is 0 Å². The summed E-state index contributed by atoms with van der Waals surface area (Å²) in [5.41, 5.74) is 0. The standard InChI is InChI=1S/C3H5Br.Mg.2H/c1-2-3-4;;;/h2-3H,1H3;;;/b3-2-;;;. The van der Waals surface area contributed by atoms with Crippen molar-refractivity contribution in [2.24, 2.45) is 0 Å². The van der Waals surface area contributed by atoms with Gasteiger partial charge in [-0.2, -0.15) is 0 Å². The van der Waals surface area contributed by atoms with E-state index in [1.54, 1.807) is 0 Å². The molecule has 0 unspecified atom stereocenters. The fourth-order valence-corrected chi connectivity index (χ4v) is 0. The first kappa shape index (κ1) is 9.37. The lowest BCUT2D eigenvalue weighted by Crippen LogP contribution is -1.19. The maximum absolute atomic E-state index is 3.07. The third kappa shape index (κ3) is 11.3. The molecule has 0 spiro atoms. The molecule has 0 saturated carbocycles. The molecular weight excluding hydrogens is 140 g/mol. The second-order valence-electron chi connectivity index (χ2n) is 0.459. The Morgan fingerprint density at radius 3 is 1.80 bits per heavy atom. The molecule has 0 fully saturated rings. The number of hydrogen-bond acceptors (Lipinski definition) is 0. The van der Waals surface area contributed by atoms with Crippen molar-refractivity contribution in [3.63, 3.8) is 0 Å². The van der Waals surface area contributed by atoms with Crippen LogP contribution in [0.25, 0.3) is 0 Å². The molecule has 0 amide bonds. The van der Waals surface area contributed by atoms with Crippen molar-refractivity contribution >= 4 is 39.0 Å². The highest BCUT2D eigenvalue weighted by atomic mass is 79.9. The molecule has 0 aromatic rings. The van der Waals surface area contributed by atoms with E-state index in [-0.39, 0.29) is 23.1 Å². The predicted molar refractivity (Wildman–Crippen MR) is 32.3 cm³/mol. The average molecular weight is 147 g/mol. The van der Waals surface area contributed by atoms with Gasteiger partial charge in [0.25, 0.3) is 0 Å². The fourth-order valence-electron chi connectivity index (χ4n) is 0. The van der Waals surface area contributed by atoms with Gasteiger partial charge in [-0.05, 0) is 11.9 Å². The van der Waals surface area contributed by atoms with Gasteiger partial charge in [0.1, 0.15) is 0 Å². The second kappa shape index (κ2) is 8.88. The van der Waals surface area contributed by atoms with Crippen LogP contribution in [-0.4, -0.2) is 23.1 Å². The zero-order chi connectivity index (χ0) is 3.41. The second-order valence-corrected chi connectivity index (χ2v) is 0.988. The third-order valence-electron chi connectivity index (χ3n) is 0.126. The SMILES string of the molecule is C/C=C\Br.[MgH2]. The maximum Gasteiger partial charge on any atom is 0.316 e. The smallest absolute Gasteiger partial charge is 0.0807 e. The van der Waals surface area contributed by atoms with Crippen molar-refractivity contribution < 1.29 is 0 Å². The molecule has 0 aliphatic carbocycles. The lowest BCUT2D eigenvalue weighted by atomic mass is 10.8. The van der Waals surface area contributed by atoms with Crippen LogP contribution < -0.4 is 0 Å². The van der Waals surface area contributed by atoms with Crippen molar-refractivity contribution in [2.45, 2.75) is 6.92 Å². The molecule has 0 rings (SSSR count). The normalized spacial score (nSPS) is 7.60. The summed E-state index contributed by atoms with van der Waals surface area (Å²) < 4.78 is 0. The van der Waals surface area contributed by atoms with Gasteiger partial charge in [-0.1, -0.05) is 22.0 Å². The molecule has 0 aliphatic rings. The van der Waals surface area contributed by atoms with E-state index in [2.05, 4.69) is 15.9 Å². The minimum atomic E-state index is 0. The van der Waals surface area contributed by atoms with Crippen LogP contribution in [0.4, 0.5) is 0 Å². The Bertz CT molecular complexity index is 22.1. The highest BCUT2D eigenvalue weighted by Gasteiger charge is 1.36. The molecule has 0 bridgehead atoms. The summed E-state index contributed by atoms with van der Waals surface area (Å²) in [6.07, 6.45) is 1.92. The van der Waals surface area contributed by atoms with E-state index in [1.807, 2.05) is 18.0 Å². The quantitative estimate of drug-likeness (QED) is 0.448. The average Bonchev–Trinajstić information content (AvgIpc) is 1.37. The van der Waals surface area contributed by atoms with Gasteiger partial charge in [-0.15, -0.1) is 0 Å². The van der Waals surface area contributed by atoms with Crippen molar-refractivity contribution in [1.82, 2.24) is 0 Å². The van der Waals surface area contributed by atoms with Crippen LogP contribution in [0.3, 0.4) is 0 Å². The summed E-state index contributed by atoms with van der Waals surface area (Å²) in [6, 6.07) is 0. The Hall–Kier alpha value is 0.986. The molecule has 0 aliphatic heterocycles. The highest BCUT2D eigenvalue weighted by molar-refractivity contribution is 9.11. The molecule has 0 aromatic heterocycles. The fraction of sp³-hybridized carbons (Fsp3) is 0.333. The van der Waals surface area contributed by atoms with Crippen molar-refractivity contribution in [1.29, 1.82) is 0 Å². The molecule has 5 heavy (non-hydrogen) atoms. The summed E-state index contributed by atoms with van der Waals surface area (Å²) in [4.78, 5) is 1.81. The summed E-state index contributed by atoms with van der Waals surface area (Å²) >= 11 is 3.07. The monoisotopic (exact) mass is 146 g/mol. The van der Waals surface area contributed by atoms with Gasteiger partial charge in [-0.25, -0.2) is 0 Å². The summed E-state index contributed by atoms with van der Waals surface area (Å²) in [7, 11) is 0. The van der Waals surface area contributed by atoms with Crippen LogP contribution in [0.15, 0.2) is 11.1 Å². The van der Waals surface area contributed by atoms with Crippen LogP contribution in [0.1, 0.15) is 6.92 Å². The molecule has 0 nitrogen and oxygen atoms in total. The molecule has 0 atom stereocenters. The third-order valence-corrected chi connectivity index (χ3v) is 0.655. The van der Waals surface area contributed by atoms with Gasteiger partial charge in [0.15, 0.2) is 0 Å². The van der Waals surface area contributed by atoms with E-state index < -0.39 is 0 Å². The summed E-state index contributed by atoms with van der Waals surface area (Å²) in [5.74, 6) is 0. The van der Waals surface area contributed by atoms with Gasteiger partial charge in [-0.3, -0.25) is 0 Å². The Morgan fingerprint density at radius 2 is 1.80 bits per heavy atom. The number of allylic oxidation sites excluding steroid dienone is 1. The first-order valence-electron chi connectivity index (χ1n) is 1.13. The molecule has 0 radical (unpaired) electrons. The Labute approximate surface area is 56.9 Å². The van der Waals surface area contributed by atoms with Crippen LogP contribution in [-0.2, 0) is 0 Å². The van der Waals surface area contributed by atoms with E-state index in [1.165, 1.54) is 0 Å². The first-order chi connectivity index (χ1) is 1.91. The van der Waals surface area contributed by atoms with Crippen molar-refractivity contribution in [3.8, 4) is 0 Å². The molecule has 2 heteroatoms. The van der Waals surface area contributed by atoms with Crippen LogP contribution >= 0.6 is 15.9 Å². The zero-order valence-electron chi connectivity index (χ0n) is 2.53. The van der Waals surface area contributed by atoms with Crippen molar-refractivity contribution in [2.75, 3.05) is 0 Å². The van der Waals surface area contributed by atoms with Gasteiger partial charge >= 0.3 is 23.1 Å². The Balaban J connectivity index is 0. The molecule has 0 heterocycles. The van der Waals surface area contributed by atoms with E-state index >= 15 is 0 Å². The zero-order valence-corrected chi connectivity index (χ0v) is 4.12. The van der Waals surface area contributed by atoms with E-state index in [0.29, 0.717) is 0 Å². The lowest BCUT2D eigenvalue weighted by molar-refractivity contribution is 1.79. The largest absolute Gasteiger partial charge is 0.316 e. The molecule has 0 aromatic carbocycles. The number of rotatable bonds is 0. The minimum absolute atomic E-state index is 0. The number of hydrogen-bond donors (Lipinski definition) is 0. The van der Waals surface area contributed by atoms with Crippen LogP contribution in [0.5, 0.6) is 0 Å². The first-order valence-corrected chi connectivity index (χ1v) is 2.04. The maximum atomic E-state index is 3.07. The lowest BCUT2D eigenvalue weighted by Gasteiger charge is -1.47. The highest BCUT2D eigenvalue weighted by Crippen LogP contribution is 1.76. The van der Waals surface area contributed by atoms with E-state index in [0.717, 1.165) is 0 Å². The molecule has 28 valence electrons. The molecule has 0 saturated heterocycles. The van der Waals surface area contributed by atoms with Crippen LogP contribution in [0, 0.1) is 0 Å². The summed E-state index contributed by atoms with van der Waals surface area (Å²) in [5, 5.41) is 0. The van der Waals surface area contributed by atoms with Gasteiger partial charge in [0.05, 0.1) is 0 Å². The Morgan fingerprint density at radius 1 is 1.60 bits per heavy atom. The Kier molecular flexibility index (Phi) is 16.6. The summed E-state index contributed by atoms with van der Waals surface area (Å²) in [6.45, 7) is 1.95.